The number of para-hydroxylation sites is 1. The minimum atomic E-state index is -0.400. The molecule has 0 spiro atoms. The zero-order valence-electron chi connectivity index (χ0n) is 14.9. The number of nitrogens with one attached hydrogen (secondary N) is 2. The lowest BCUT2D eigenvalue weighted by atomic mass is 9.93. The molecule has 1 amide bonds. The Morgan fingerprint density at radius 2 is 1.92 bits per heavy atom. The molecule has 26 heavy (non-hydrogen) atoms. The Labute approximate surface area is 152 Å². The number of guanidine groups is 1. The molecule has 0 aliphatic rings. The SMILES string of the molecule is CCC(C)c1cccc2c(C(=O)NC(=N)N)cc(-c3ccccc3)nc12. The molecule has 0 saturated heterocycles. The van der Waals surface area contributed by atoms with Gasteiger partial charge in [-0.1, -0.05) is 62.4 Å². The second-order valence-corrected chi connectivity index (χ2v) is 6.34. The maximum absolute atomic E-state index is 12.6. The van der Waals surface area contributed by atoms with Crippen LogP contribution >= 0.6 is 0 Å². The van der Waals surface area contributed by atoms with Crippen molar-refractivity contribution in [2.45, 2.75) is 26.2 Å². The van der Waals surface area contributed by atoms with E-state index in [9.17, 15) is 4.79 Å². The minimum Gasteiger partial charge on any atom is -0.370 e. The van der Waals surface area contributed by atoms with Crippen molar-refractivity contribution in [1.29, 1.82) is 5.41 Å². The number of nitrogens with zero attached hydrogens (tertiary/aromatic N) is 1. The number of pyridine rings is 1. The van der Waals surface area contributed by atoms with Crippen LogP contribution in [0.25, 0.3) is 22.2 Å². The maximum atomic E-state index is 12.6. The third kappa shape index (κ3) is 3.42. The van der Waals surface area contributed by atoms with Crippen LogP contribution in [0.2, 0.25) is 0 Å². The van der Waals surface area contributed by atoms with E-state index in [1.54, 1.807) is 6.07 Å². The summed E-state index contributed by atoms with van der Waals surface area (Å²) < 4.78 is 0. The Bertz CT molecular complexity index is 966. The molecule has 132 valence electrons. The second kappa shape index (κ2) is 7.35. The maximum Gasteiger partial charge on any atom is 0.258 e. The summed E-state index contributed by atoms with van der Waals surface area (Å²) in [4.78, 5) is 17.5. The van der Waals surface area contributed by atoms with Crippen molar-refractivity contribution in [3.63, 3.8) is 0 Å². The van der Waals surface area contributed by atoms with Gasteiger partial charge >= 0.3 is 0 Å². The van der Waals surface area contributed by atoms with E-state index in [-0.39, 0.29) is 5.96 Å². The number of amides is 1. The van der Waals surface area contributed by atoms with Gasteiger partial charge in [-0.3, -0.25) is 15.5 Å². The predicted molar refractivity (Wildman–Crippen MR) is 105 cm³/mol. The van der Waals surface area contributed by atoms with Gasteiger partial charge in [0.05, 0.1) is 16.8 Å². The summed E-state index contributed by atoms with van der Waals surface area (Å²) >= 11 is 0. The van der Waals surface area contributed by atoms with Crippen LogP contribution in [0.3, 0.4) is 0 Å². The molecule has 1 unspecified atom stereocenters. The number of rotatable bonds is 4. The van der Waals surface area contributed by atoms with Crippen LogP contribution in [-0.2, 0) is 0 Å². The van der Waals surface area contributed by atoms with Gasteiger partial charge in [-0.15, -0.1) is 0 Å². The quantitative estimate of drug-likeness (QED) is 0.492. The molecule has 4 N–H and O–H groups in total. The molecule has 0 fully saturated rings. The summed E-state index contributed by atoms with van der Waals surface area (Å²) in [7, 11) is 0. The fourth-order valence-corrected chi connectivity index (χ4v) is 3.02. The van der Waals surface area contributed by atoms with Crippen molar-refractivity contribution in [2.75, 3.05) is 0 Å². The zero-order valence-corrected chi connectivity index (χ0v) is 14.9. The van der Waals surface area contributed by atoms with Crippen molar-refractivity contribution >= 4 is 22.8 Å². The van der Waals surface area contributed by atoms with Crippen molar-refractivity contribution in [3.05, 3.63) is 65.7 Å². The van der Waals surface area contributed by atoms with E-state index in [4.69, 9.17) is 16.1 Å². The van der Waals surface area contributed by atoms with Gasteiger partial charge in [-0.2, -0.15) is 0 Å². The molecule has 1 heterocycles. The zero-order chi connectivity index (χ0) is 18.7. The molecule has 5 nitrogen and oxygen atoms in total. The van der Waals surface area contributed by atoms with Gasteiger partial charge in [0.15, 0.2) is 5.96 Å². The Morgan fingerprint density at radius 3 is 2.58 bits per heavy atom. The van der Waals surface area contributed by atoms with E-state index >= 15 is 0 Å². The number of carbonyl (C=O) groups is 1. The summed E-state index contributed by atoms with van der Waals surface area (Å²) in [6.45, 7) is 4.29. The molecule has 3 aromatic rings. The molecule has 3 rings (SSSR count). The number of hydrogen-bond donors (Lipinski definition) is 3. The molecule has 1 atom stereocenters. The fraction of sp³-hybridized carbons (Fsp3) is 0.190. The van der Waals surface area contributed by atoms with Crippen LogP contribution in [0.5, 0.6) is 0 Å². The summed E-state index contributed by atoms with van der Waals surface area (Å²) in [5, 5.41) is 10.5. The van der Waals surface area contributed by atoms with Gasteiger partial charge in [0.25, 0.3) is 5.91 Å². The van der Waals surface area contributed by atoms with Gasteiger partial charge in [0.2, 0.25) is 0 Å². The van der Waals surface area contributed by atoms with Crippen LogP contribution in [-0.4, -0.2) is 16.9 Å². The molecule has 5 heteroatoms. The van der Waals surface area contributed by atoms with Crippen LogP contribution < -0.4 is 11.1 Å². The van der Waals surface area contributed by atoms with E-state index in [1.165, 1.54) is 0 Å². The molecule has 2 aromatic carbocycles. The van der Waals surface area contributed by atoms with E-state index < -0.39 is 5.91 Å². The standard InChI is InChI=1S/C21H22N4O/c1-3-13(2)15-10-7-11-16-17(20(26)25-21(22)23)12-18(24-19(15)16)14-8-5-4-6-9-14/h4-13H,3H2,1-2H3,(H4,22,23,25,26). The van der Waals surface area contributed by atoms with Crippen molar-refractivity contribution < 1.29 is 4.79 Å². The summed E-state index contributed by atoms with van der Waals surface area (Å²) in [6, 6.07) is 17.4. The van der Waals surface area contributed by atoms with Crippen LogP contribution in [0.1, 0.15) is 42.1 Å². The van der Waals surface area contributed by atoms with Gasteiger partial charge < -0.3 is 5.73 Å². The highest BCUT2D eigenvalue weighted by Gasteiger charge is 2.18. The van der Waals surface area contributed by atoms with E-state index in [1.807, 2.05) is 42.5 Å². The molecule has 0 bridgehead atoms. The second-order valence-electron chi connectivity index (χ2n) is 6.34. The van der Waals surface area contributed by atoms with Crippen molar-refractivity contribution in [2.24, 2.45) is 5.73 Å². The van der Waals surface area contributed by atoms with E-state index in [0.29, 0.717) is 11.5 Å². The lowest BCUT2D eigenvalue weighted by molar-refractivity contribution is 0.0978. The lowest BCUT2D eigenvalue weighted by Gasteiger charge is -2.15. The minimum absolute atomic E-state index is 0.320. The van der Waals surface area contributed by atoms with Crippen LogP contribution in [0.4, 0.5) is 0 Å². The van der Waals surface area contributed by atoms with E-state index in [0.717, 1.165) is 34.1 Å². The van der Waals surface area contributed by atoms with Gasteiger partial charge in [-0.25, -0.2) is 4.98 Å². The number of fused-ring (bicyclic) bond motifs is 1. The number of hydrogen-bond acceptors (Lipinski definition) is 3. The first-order valence-corrected chi connectivity index (χ1v) is 8.65. The number of carbonyl (C=O) groups excluding carboxylic acids is 1. The first-order valence-electron chi connectivity index (χ1n) is 8.65. The summed E-state index contributed by atoms with van der Waals surface area (Å²) in [5.41, 5.74) is 9.41. The lowest BCUT2D eigenvalue weighted by Crippen LogP contribution is -2.35. The highest BCUT2D eigenvalue weighted by Crippen LogP contribution is 2.31. The fourth-order valence-electron chi connectivity index (χ4n) is 3.02. The Balaban J connectivity index is 2.30. The molecule has 1 aromatic heterocycles. The summed E-state index contributed by atoms with van der Waals surface area (Å²) in [5.74, 6) is -0.455. The Morgan fingerprint density at radius 1 is 1.19 bits per heavy atom. The van der Waals surface area contributed by atoms with Crippen molar-refractivity contribution in [3.8, 4) is 11.3 Å². The van der Waals surface area contributed by atoms with Crippen LogP contribution in [0, 0.1) is 5.41 Å². The number of aromatic nitrogens is 1. The highest BCUT2D eigenvalue weighted by atomic mass is 16.1. The average Bonchev–Trinajstić information content (AvgIpc) is 2.66. The molecule has 0 aliphatic carbocycles. The predicted octanol–water partition coefficient (Wildman–Crippen LogP) is 4.04. The molecule has 0 aliphatic heterocycles. The smallest absolute Gasteiger partial charge is 0.258 e. The Hall–Kier alpha value is -3.21. The normalized spacial score (nSPS) is 11.9. The van der Waals surface area contributed by atoms with Crippen LogP contribution in [0.15, 0.2) is 54.6 Å². The molecule has 0 radical (unpaired) electrons. The molecule has 0 saturated carbocycles. The monoisotopic (exact) mass is 346 g/mol. The number of benzene rings is 2. The van der Waals surface area contributed by atoms with Gasteiger partial charge in [-0.05, 0) is 24.0 Å². The summed E-state index contributed by atoms with van der Waals surface area (Å²) in [6.07, 6.45) is 0.978. The largest absolute Gasteiger partial charge is 0.370 e. The highest BCUT2D eigenvalue weighted by molar-refractivity contribution is 6.12. The Kier molecular flexibility index (Phi) is 4.98. The first-order chi connectivity index (χ1) is 12.5. The van der Waals surface area contributed by atoms with Crippen molar-refractivity contribution in [1.82, 2.24) is 10.3 Å². The van der Waals surface area contributed by atoms with E-state index in [2.05, 4.69) is 25.2 Å². The van der Waals surface area contributed by atoms with Gasteiger partial charge in [0, 0.05) is 10.9 Å². The third-order valence-corrected chi connectivity index (χ3v) is 4.58. The molecular weight excluding hydrogens is 324 g/mol. The molecular formula is C21H22N4O. The van der Waals surface area contributed by atoms with Gasteiger partial charge in [0.1, 0.15) is 0 Å². The third-order valence-electron chi connectivity index (χ3n) is 4.58. The topological polar surface area (TPSA) is 91.9 Å². The average molecular weight is 346 g/mol. The number of nitrogens with two attached hydrogens (primary N) is 1. The first kappa shape index (κ1) is 17.6.